The van der Waals surface area contributed by atoms with Crippen LogP contribution < -0.4 is 16.0 Å². The second-order valence-corrected chi connectivity index (χ2v) is 11.5. The first kappa shape index (κ1) is 26.3. The Kier molecular flexibility index (Phi) is 6.07. The summed E-state index contributed by atoms with van der Waals surface area (Å²) in [4.78, 5) is 31.1. The second-order valence-electron chi connectivity index (χ2n) is 11.5. The first-order chi connectivity index (χ1) is 20.2. The molecule has 1 fully saturated rings. The predicted molar refractivity (Wildman–Crippen MR) is 165 cm³/mol. The Morgan fingerprint density at radius 1 is 1.05 bits per heavy atom. The van der Waals surface area contributed by atoms with Gasteiger partial charge in [0.25, 0.3) is 11.8 Å². The number of H-pyrrole nitrogens is 1. The third-order valence-electron chi connectivity index (χ3n) is 8.33. The molecule has 5 aromatic rings. The Labute approximate surface area is 243 Å². The van der Waals surface area contributed by atoms with E-state index in [0.717, 1.165) is 55.5 Å². The van der Waals surface area contributed by atoms with Crippen molar-refractivity contribution in [1.29, 1.82) is 0 Å². The first-order valence-corrected chi connectivity index (χ1v) is 14.1. The summed E-state index contributed by atoms with van der Waals surface area (Å²) in [5.41, 5.74) is 14.3. The SMILES string of the molecule is Cc1c(-c2ccc(C(N)=O)c3[nH]c4cc(NCC5COC(C)(C)O5)ccc4c23)cccc1N1Cc2ccccc2C1=O. The molecule has 1 unspecified atom stereocenters. The zero-order valence-electron chi connectivity index (χ0n) is 23.8. The molecule has 0 saturated carbocycles. The van der Waals surface area contributed by atoms with E-state index < -0.39 is 11.7 Å². The molecule has 3 heterocycles. The minimum Gasteiger partial charge on any atom is -0.382 e. The van der Waals surface area contributed by atoms with E-state index in [4.69, 9.17) is 15.2 Å². The van der Waals surface area contributed by atoms with Crippen LogP contribution in [0.2, 0.25) is 0 Å². The molecule has 0 spiro atoms. The lowest BCUT2D eigenvalue weighted by atomic mass is 9.93. The molecule has 2 amide bonds. The molecule has 1 saturated heterocycles. The summed E-state index contributed by atoms with van der Waals surface area (Å²) in [6.07, 6.45) is -0.0444. The van der Waals surface area contributed by atoms with Crippen LogP contribution in [-0.2, 0) is 16.0 Å². The number of hydrogen-bond acceptors (Lipinski definition) is 5. The molecule has 2 aliphatic heterocycles. The smallest absolute Gasteiger partial charge is 0.258 e. The van der Waals surface area contributed by atoms with Gasteiger partial charge < -0.3 is 30.4 Å². The standard InChI is InChI=1S/C34H32N4O4/c1-19-23(9-6-10-29(19)38-17-20-7-4-5-8-24(20)33(38)40)25-13-14-27(32(35)39)31-30(25)26-12-11-21(15-28(26)37-31)36-16-22-18-41-34(2,3)42-22/h4-15,22,36-37H,16-18H2,1-3H3,(H2,35,39). The largest absolute Gasteiger partial charge is 0.382 e. The number of fused-ring (bicyclic) bond motifs is 4. The number of ether oxygens (including phenoxy) is 2. The Morgan fingerprint density at radius 2 is 1.86 bits per heavy atom. The summed E-state index contributed by atoms with van der Waals surface area (Å²) in [5, 5.41) is 5.34. The number of nitrogens with two attached hydrogens (primary N) is 1. The van der Waals surface area contributed by atoms with Gasteiger partial charge in [-0.1, -0.05) is 42.5 Å². The predicted octanol–water partition coefficient (Wildman–Crippen LogP) is 6.12. The number of nitrogens with one attached hydrogen (secondary N) is 2. The third kappa shape index (κ3) is 4.31. The fourth-order valence-electron chi connectivity index (χ4n) is 6.30. The summed E-state index contributed by atoms with van der Waals surface area (Å²) in [5.74, 6) is -1.06. The van der Waals surface area contributed by atoms with Gasteiger partial charge in [-0.15, -0.1) is 0 Å². The van der Waals surface area contributed by atoms with E-state index >= 15 is 0 Å². The number of rotatable bonds is 6. The molecule has 2 aliphatic rings. The molecule has 1 aromatic heterocycles. The van der Waals surface area contributed by atoms with Crippen molar-refractivity contribution in [3.63, 3.8) is 0 Å². The average Bonchev–Trinajstić information content (AvgIpc) is 3.63. The van der Waals surface area contributed by atoms with Crippen molar-refractivity contribution in [2.75, 3.05) is 23.4 Å². The van der Waals surface area contributed by atoms with Crippen LogP contribution in [0, 0.1) is 6.92 Å². The number of carbonyl (C=O) groups excluding carboxylic acids is 2. The number of hydrogen-bond donors (Lipinski definition) is 3. The van der Waals surface area contributed by atoms with Crippen LogP contribution in [0.25, 0.3) is 32.9 Å². The normalized spacial score (nSPS) is 17.7. The van der Waals surface area contributed by atoms with Gasteiger partial charge in [-0.3, -0.25) is 9.59 Å². The quantitative estimate of drug-likeness (QED) is 0.232. The number of primary amides is 1. The van der Waals surface area contributed by atoms with Gasteiger partial charge in [0.15, 0.2) is 5.79 Å². The van der Waals surface area contributed by atoms with Crippen LogP contribution in [0.3, 0.4) is 0 Å². The van der Waals surface area contributed by atoms with Crippen molar-refractivity contribution in [2.45, 2.75) is 39.2 Å². The topological polar surface area (TPSA) is 110 Å². The van der Waals surface area contributed by atoms with Crippen molar-refractivity contribution >= 4 is 45.0 Å². The molecular weight excluding hydrogens is 528 g/mol. The zero-order valence-corrected chi connectivity index (χ0v) is 23.8. The molecule has 0 bridgehead atoms. The van der Waals surface area contributed by atoms with Gasteiger partial charge in [0.2, 0.25) is 0 Å². The number of carbonyl (C=O) groups is 2. The van der Waals surface area contributed by atoms with Gasteiger partial charge in [0, 0.05) is 39.8 Å². The van der Waals surface area contributed by atoms with Crippen molar-refractivity contribution in [1.82, 2.24) is 4.98 Å². The number of anilines is 2. The van der Waals surface area contributed by atoms with Crippen molar-refractivity contribution in [3.8, 4) is 11.1 Å². The molecule has 0 aliphatic carbocycles. The summed E-state index contributed by atoms with van der Waals surface area (Å²) in [6.45, 7) is 7.55. The lowest BCUT2D eigenvalue weighted by molar-refractivity contribution is -0.136. The van der Waals surface area contributed by atoms with Crippen LogP contribution in [-0.4, -0.2) is 41.8 Å². The van der Waals surface area contributed by atoms with Gasteiger partial charge in [0.1, 0.15) is 6.10 Å². The van der Waals surface area contributed by atoms with Crippen molar-refractivity contribution in [3.05, 3.63) is 95.1 Å². The van der Waals surface area contributed by atoms with Gasteiger partial charge in [-0.05, 0) is 73.4 Å². The van der Waals surface area contributed by atoms with Crippen LogP contribution in [0.1, 0.15) is 45.7 Å². The van der Waals surface area contributed by atoms with E-state index in [2.05, 4.69) is 22.4 Å². The minimum absolute atomic E-state index is 0.00493. The molecule has 1 atom stereocenters. The molecule has 212 valence electrons. The number of aromatic amines is 1. The zero-order chi connectivity index (χ0) is 29.2. The van der Waals surface area contributed by atoms with E-state index in [1.54, 1.807) is 6.07 Å². The maximum atomic E-state index is 13.3. The Bertz CT molecular complexity index is 1910. The first-order valence-electron chi connectivity index (χ1n) is 14.1. The van der Waals surface area contributed by atoms with Gasteiger partial charge in [-0.2, -0.15) is 0 Å². The molecule has 7 rings (SSSR count). The maximum Gasteiger partial charge on any atom is 0.258 e. The highest BCUT2D eigenvalue weighted by molar-refractivity contribution is 6.20. The van der Waals surface area contributed by atoms with Gasteiger partial charge in [0.05, 0.1) is 24.2 Å². The van der Waals surface area contributed by atoms with Crippen molar-refractivity contribution in [2.24, 2.45) is 5.73 Å². The maximum absolute atomic E-state index is 13.3. The molecule has 0 radical (unpaired) electrons. The van der Waals surface area contributed by atoms with E-state index in [1.165, 1.54) is 0 Å². The summed E-state index contributed by atoms with van der Waals surface area (Å²) >= 11 is 0. The fourth-order valence-corrected chi connectivity index (χ4v) is 6.30. The van der Waals surface area contributed by atoms with E-state index in [0.29, 0.717) is 30.8 Å². The summed E-state index contributed by atoms with van der Waals surface area (Å²) < 4.78 is 11.6. The Hall–Kier alpha value is -4.66. The third-order valence-corrected chi connectivity index (χ3v) is 8.33. The van der Waals surface area contributed by atoms with E-state index in [1.807, 2.05) is 80.3 Å². The minimum atomic E-state index is -0.573. The molecule has 42 heavy (non-hydrogen) atoms. The number of nitrogens with zero attached hydrogens (tertiary/aromatic N) is 1. The molecule has 8 heteroatoms. The molecule has 8 nitrogen and oxygen atoms in total. The number of aromatic nitrogens is 1. The fraction of sp³-hybridized carbons (Fsp3) is 0.235. The average molecular weight is 561 g/mol. The summed E-state index contributed by atoms with van der Waals surface area (Å²) in [7, 11) is 0. The molecule has 4 N–H and O–H groups in total. The highest BCUT2D eigenvalue weighted by atomic mass is 16.7. The molecular formula is C34H32N4O4. The van der Waals surface area contributed by atoms with Crippen LogP contribution >= 0.6 is 0 Å². The van der Waals surface area contributed by atoms with Crippen LogP contribution in [0.15, 0.2) is 72.8 Å². The highest BCUT2D eigenvalue weighted by Crippen LogP contribution is 2.41. The molecule has 4 aromatic carbocycles. The summed E-state index contributed by atoms with van der Waals surface area (Å²) in [6, 6.07) is 23.6. The van der Waals surface area contributed by atoms with Gasteiger partial charge >= 0.3 is 0 Å². The Balaban J connectivity index is 1.30. The lowest BCUT2D eigenvalue weighted by Gasteiger charge is -2.21. The monoisotopic (exact) mass is 560 g/mol. The van der Waals surface area contributed by atoms with Crippen LogP contribution in [0.5, 0.6) is 0 Å². The van der Waals surface area contributed by atoms with Crippen LogP contribution in [0.4, 0.5) is 11.4 Å². The van der Waals surface area contributed by atoms with Crippen molar-refractivity contribution < 1.29 is 19.1 Å². The van der Waals surface area contributed by atoms with E-state index in [9.17, 15) is 9.59 Å². The van der Waals surface area contributed by atoms with Gasteiger partial charge in [-0.25, -0.2) is 0 Å². The Morgan fingerprint density at radius 3 is 2.62 bits per heavy atom. The number of benzene rings is 4. The van der Waals surface area contributed by atoms with E-state index in [-0.39, 0.29) is 12.0 Å². The lowest BCUT2D eigenvalue weighted by Crippen LogP contribution is -2.25. The second kappa shape index (κ2) is 9.72. The number of amides is 2. The highest BCUT2D eigenvalue weighted by Gasteiger charge is 2.32.